The Balaban J connectivity index is 3.57. The molecule has 0 aromatic carbocycles. The molecule has 6 heteroatoms. The molecule has 0 aliphatic heterocycles. The van der Waals surface area contributed by atoms with Crippen LogP contribution in [0.4, 0.5) is 0 Å². The van der Waals surface area contributed by atoms with Crippen molar-refractivity contribution in [1.29, 1.82) is 0 Å². The van der Waals surface area contributed by atoms with Gasteiger partial charge in [0.2, 0.25) is 0 Å². The quantitative estimate of drug-likeness (QED) is 0.0803. The summed E-state index contributed by atoms with van der Waals surface area (Å²) in [5.74, 6) is 0. The Morgan fingerprint density at radius 1 is 0.576 bits per heavy atom. The van der Waals surface area contributed by atoms with Crippen LogP contribution >= 0.6 is 15.8 Å². The summed E-state index contributed by atoms with van der Waals surface area (Å²) in [6.45, 7) is 6.59. The molecule has 0 aromatic rings. The Labute approximate surface area is 208 Å². The van der Waals surface area contributed by atoms with Crippen LogP contribution in [-0.4, -0.2) is 56.2 Å². The number of nitrogens with zero attached hydrogens (tertiary/aromatic N) is 2. The van der Waals surface area contributed by atoms with E-state index in [0.717, 1.165) is 24.0 Å². The fourth-order valence-corrected chi connectivity index (χ4v) is 4.91. The minimum atomic E-state index is -0.0647. The van der Waals surface area contributed by atoms with Crippen molar-refractivity contribution in [3.63, 3.8) is 0 Å². The van der Waals surface area contributed by atoms with Crippen molar-refractivity contribution < 1.29 is 13.6 Å². The van der Waals surface area contributed by atoms with E-state index in [9.17, 15) is 9.13 Å². The van der Waals surface area contributed by atoms with Gasteiger partial charge in [0, 0.05) is 0 Å². The molecule has 192 valence electrons. The molecule has 0 heterocycles. The van der Waals surface area contributed by atoms with Gasteiger partial charge in [-0.3, -0.25) is 0 Å². The summed E-state index contributed by atoms with van der Waals surface area (Å²) in [5.41, 5.74) is 5.57. The van der Waals surface area contributed by atoms with Gasteiger partial charge in [-0.1, -0.05) is 84.0 Å². The molecule has 0 bridgehead atoms. The maximum atomic E-state index is 10.6. The van der Waals surface area contributed by atoms with Gasteiger partial charge in [0.25, 0.3) is 0 Å². The topological polar surface area (TPSA) is 37.4 Å². The molecule has 0 atom stereocenters. The molecule has 0 unspecified atom stereocenters. The van der Waals surface area contributed by atoms with Gasteiger partial charge in [-0.25, -0.2) is 0 Å². The predicted octanol–water partition coefficient (Wildman–Crippen LogP) is 8.52. The first-order valence-electron chi connectivity index (χ1n) is 13.7. The van der Waals surface area contributed by atoms with Crippen molar-refractivity contribution in [3.05, 3.63) is 0 Å². The molecule has 0 radical (unpaired) electrons. The number of hydrogen-bond acceptors (Lipinski definition) is 3. The molecule has 0 fully saturated rings. The standard InChI is InChI=1S/C27H53N2O2P2/c1-4-5-6-7-8-9-10-11-12-13-14-15-16-17-18-19-24-29(2,3)25-20-21-28(22-26-32-30)23-27-33-31/h4-25H2,1-3H3/q+1. The van der Waals surface area contributed by atoms with Crippen LogP contribution in [0.15, 0.2) is 0 Å². The van der Waals surface area contributed by atoms with E-state index in [0.29, 0.717) is 13.1 Å². The summed E-state index contributed by atoms with van der Waals surface area (Å²) in [6, 6.07) is 0. The second-order valence-corrected chi connectivity index (χ2v) is 11.2. The number of hydrogen-bond donors (Lipinski definition) is 0. The van der Waals surface area contributed by atoms with Crippen LogP contribution < -0.4 is 0 Å². The summed E-state index contributed by atoms with van der Waals surface area (Å²) in [5, 5.41) is 0. The van der Waals surface area contributed by atoms with Gasteiger partial charge in [-0.2, -0.15) is 0 Å². The van der Waals surface area contributed by atoms with Gasteiger partial charge in [-0.15, -0.1) is 0 Å². The molecule has 0 N–H and O–H groups in total. The predicted molar refractivity (Wildman–Crippen MR) is 145 cm³/mol. The first kappa shape index (κ1) is 32.9. The van der Waals surface area contributed by atoms with E-state index in [2.05, 4.69) is 37.2 Å². The Morgan fingerprint density at radius 2 is 0.939 bits per heavy atom. The van der Waals surface area contributed by atoms with Crippen LogP contribution in [0.25, 0.3) is 0 Å². The van der Waals surface area contributed by atoms with E-state index in [4.69, 9.17) is 0 Å². The molecule has 0 aliphatic carbocycles. The van der Waals surface area contributed by atoms with Crippen molar-refractivity contribution in [2.24, 2.45) is 0 Å². The fraction of sp³-hybridized carbons (Fsp3) is 0.926. The molecule has 33 heavy (non-hydrogen) atoms. The molecule has 0 saturated heterocycles. The Morgan fingerprint density at radius 3 is 1.33 bits per heavy atom. The average Bonchev–Trinajstić information content (AvgIpc) is 2.80. The zero-order chi connectivity index (χ0) is 24.5. The second kappa shape index (κ2) is 25.0. The third-order valence-electron chi connectivity index (χ3n) is 6.57. The monoisotopic (exact) mass is 499 g/mol. The normalized spacial score (nSPS) is 11.4. The summed E-state index contributed by atoms with van der Waals surface area (Å²) in [7, 11) is 4.51. The Bertz CT molecular complexity index is 613. The van der Waals surface area contributed by atoms with E-state index in [1.807, 2.05) is 0 Å². The van der Waals surface area contributed by atoms with Crippen LogP contribution in [0.5, 0.6) is 0 Å². The third-order valence-corrected chi connectivity index (χ3v) is 7.11. The summed E-state index contributed by atoms with van der Waals surface area (Å²) < 4.78 is 22.3. The van der Waals surface area contributed by atoms with Crippen LogP contribution in [-0.2, 0) is 9.13 Å². The number of quaternary nitrogens is 1. The van der Waals surface area contributed by atoms with Gasteiger partial charge in [0.05, 0.1) is 0 Å². The number of unbranched alkanes of at least 4 members (excludes halogenated alkanes) is 15. The van der Waals surface area contributed by atoms with Crippen LogP contribution in [0.3, 0.4) is 0 Å². The Kier molecular flexibility index (Phi) is 25.0. The zero-order valence-corrected chi connectivity index (χ0v) is 24.0. The molecule has 0 aromatic heterocycles. The van der Waals surface area contributed by atoms with Gasteiger partial charge in [0.15, 0.2) is 0 Å². The van der Waals surface area contributed by atoms with Crippen LogP contribution in [0.1, 0.15) is 116 Å². The maximum absolute atomic E-state index is 10.6. The first-order chi connectivity index (χ1) is 16.1. The average molecular weight is 500 g/mol. The SMILES string of the molecule is CCCCCCCCCCCCCCCCCC[N+](C)(C)CCCN(CC#P=O)CC#P=O. The molecular weight excluding hydrogens is 446 g/mol. The van der Waals surface area contributed by atoms with Crippen molar-refractivity contribution >= 4 is 15.8 Å². The van der Waals surface area contributed by atoms with E-state index >= 15 is 0 Å². The van der Waals surface area contributed by atoms with Crippen molar-refractivity contribution in [2.45, 2.75) is 116 Å². The molecule has 0 spiro atoms. The van der Waals surface area contributed by atoms with Crippen molar-refractivity contribution in [3.8, 4) is 11.3 Å². The van der Waals surface area contributed by atoms with E-state index < -0.39 is 0 Å². The Hall–Kier alpha value is -0.0600. The summed E-state index contributed by atoms with van der Waals surface area (Å²) >= 11 is 0. The van der Waals surface area contributed by atoms with Gasteiger partial charge < -0.3 is 0 Å². The molecule has 0 amide bonds. The van der Waals surface area contributed by atoms with Gasteiger partial charge >= 0.3 is 125 Å². The third kappa shape index (κ3) is 24.9. The molecule has 0 aliphatic rings. The van der Waals surface area contributed by atoms with Crippen LogP contribution in [0, 0.1) is 11.3 Å². The molecule has 4 nitrogen and oxygen atoms in total. The molecule has 0 rings (SSSR count). The second-order valence-electron chi connectivity index (χ2n) is 10.2. The van der Waals surface area contributed by atoms with Crippen molar-refractivity contribution in [2.75, 3.05) is 46.8 Å². The van der Waals surface area contributed by atoms with E-state index in [1.54, 1.807) is 0 Å². The van der Waals surface area contributed by atoms with Crippen LogP contribution in [0.2, 0.25) is 0 Å². The number of rotatable bonds is 23. The van der Waals surface area contributed by atoms with Gasteiger partial charge in [0.1, 0.15) is 0 Å². The molecule has 0 saturated carbocycles. The summed E-state index contributed by atoms with van der Waals surface area (Å²) in [6.07, 6.45) is 23.7. The first-order valence-corrected chi connectivity index (χ1v) is 15.3. The fourth-order valence-electron chi connectivity index (χ4n) is 4.39. The van der Waals surface area contributed by atoms with Gasteiger partial charge in [-0.05, 0) is 0 Å². The van der Waals surface area contributed by atoms with E-state index in [1.165, 1.54) is 109 Å². The molecular formula is C27H53N2O2P2+. The zero-order valence-electron chi connectivity index (χ0n) is 22.2. The minimum absolute atomic E-state index is 0.0647. The summed E-state index contributed by atoms with van der Waals surface area (Å²) in [4.78, 5) is 2.09. The van der Waals surface area contributed by atoms with Crippen molar-refractivity contribution in [1.82, 2.24) is 4.90 Å². The van der Waals surface area contributed by atoms with E-state index in [-0.39, 0.29) is 15.8 Å².